The Bertz CT molecular complexity index is 571. The number of aryl methyl sites for hydroxylation is 1. The molecule has 0 aromatic heterocycles. The summed E-state index contributed by atoms with van der Waals surface area (Å²) in [6.07, 6.45) is 1.39. The first-order valence-corrected chi connectivity index (χ1v) is 8.70. The van der Waals surface area contributed by atoms with Crippen molar-refractivity contribution in [3.05, 3.63) is 29.8 Å². The Morgan fingerprint density at radius 2 is 1.75 bits per heavy atom. The molecule has 24 heavy (non-hydrogen) atoms. The van der Waals surface area contributed by atoms with E-state index in [1.165, 1.54) is 0 Å². The third-order valence-corrected chi connectivity index (χ3v) is 4.14. The molecule has 0 spiro atoms. The third-order valence-electron chi connectivity index (χ3n) is 4.14. The Balaban J connectivity index is 1.82. The van der Waals surface area contributed by atoms with Crippen LogP contribution in [0.3, 0.4) is 0 Å². The second kappa shape index (κ2) is 8.71. The molecule has 0 radical (unpaired) electrons. The van der Waals surface area contributed by atoms with Crippen molar-refractivity contribution in [3.63, 3.8) is 0 Å². The van der Waals surface area contributed by atoms with Crippen molar-refractivity contribution in [1.82, 2.24) is 9.80 Å². The topological polar surface area (TPSA) is 49.9 Å². The van der Waals surface area contributed by atoms with Gasteiger partial charge in [0.05, 0.1) is 0 Å². The summed E-state index contributed by atoms with van der Waals surface area (Å²) in [5, 5.41) is 0. The van der Waals surface area contributed by atoms with Crippen LogP contribution in [0.15, 0.2) is 24.3 Å². The van der Waals surface area contributed by atoms with Crippen LogP contribution in [0.1, 0.15) is 32.3 Å². The molecule has 1 aliphatic rings. The minimum atomic E-state index is -0.0188. The fraction of sp³-hybridized carbons (Fsp3) is 0.579. The highest BCUT2D eigenvalue weighted by Crippen LogP contribution is 2.13. The highest BCUT2D eigenvalue weighted by molar-refractivity contribution is 5.78. The number of carbonyl (C=O) groups excluding carboxylic acids is 2. The molecular weight excluding hydrogens is 304 g/mol. The Hall–Kier alpha value is -2.04. The lowest BCUT2D eigenvalue weighted by Crippen LogP contribution is -2.39. The van der Waals surface area contributed by atoms with Crippen molar-refractivity contribution < 1.29 is 14.3 Å². The zero-order valence-electron chi connectivity index (χ0n) is 15.0. The summed E-state index contributed by atoms with van der Waals surface area (Å²) in [6.45, 7) is 8.75. The standard InChI is InChI=1S/C19H28N2O3/c1-15(2)12-18(22)20-8-5-9-21(11-10-20)19(23)14-24-17-7-4-6-16(3)13-17/h4,6-7,13,15H,5,8-12,14H2,1-3H3. The van der Waals surface area contributed by atoms with Crippen molar-refractivity contribution in [2.45, 2.75) is 33.6 Å². The lowest BCUT2D eigenvalue weighted by molar-refractivity contribution is -0.135. The molecule has 0 unspecified atom stereocenters. The molecule has 5 nitrogen and oxygen atoms in total. The van der Waals surface area contributed by atoms with E-state index in [0.717, 1.165) is 18.5 Å². The van der Waals surface area contributed by atoms with E-state index < -0.39 is 0 Å². The van der Waals surface area contributed by atoms with E-state index in [-0.39, 0.29) is 18.4 Å². The predicted octanol–water partition coefficient (Wildman–Crippen LogP) is 2.48. The van der Waals surface area contributed by atoms with Crippen molar-refractivity contribution in [2.75, 3.05) is 32.8 Å². The zero-order valence-corrected chi connectivity index (χ0v) is 15.0. The summed E-state index contributed by atoms with van der Waals surface area (Å²) >= 11 is 0. The van der Waals surface area contributed by atoms with Crippen LogP contribution in [0.25, 0.3) is 0 Å². The van der Waals surface area contributed by atoms with Gasteiger partial charge in [0.25, 0.3) is 5.91 Å². The van der Waals surface area contributed by atoms with Gasteiger partial charge in [0, 0.05) is 32.6 Å². The number of hydrogen-bond acceptors (Lipinski definition) is 3. The van der Waals surface area contributed by atoms with Crippen molar-refractivity contribution in [3.8, 4) is 5.75 Å². The average molecular weight is 332 g/mol. The molecule has 1 saturated heterocycles. The minimum Gasteiger partial charge on any atom is -0.484 e. The van der Waals surface area contributed by atoms with E-state index in [9.17, 15) is 9.59 Å². The van der Waals surface area contributed by atoms with Crippen LogP contribution in [0.4, 0.5) is 0 Å². The number of carbonyl (C=O) groups is 2. The van der Waals surface area contributed by atoms with E-state index >= 15 is 0 Å². The second-order valence-corrected chi connectivity index (χ2v) is 6.82. The molecule has 132 valence electrons. The van der Waals surface area contributed by atoms with Gasteiger partial charge in [-0.1, -0.05) is 26.0 Å². The van der Waals surface area contributed by atoms with Gasteiger partial charge in [0.15, 0.2) is 6.61 Å². The number of amides is 2. The first-order valence-electron chi connectivity index (χ1n) is 8.70. The molecule has 1 fully saturated rings. The first kappa shape index (κ1) is 18.3. The highest BCUT2D eigenvalue weighted by Gasteiger charge is 2.22. The molecule has 1 aromatic carbocycles. The van der Waals surface area contributed by atoms with Gasteiger partial charge in [0.2, 0.25) is 5.91 Å². The average Bonchev–Trinajstić information content (AvgIpc) is 2.78. The molecule has 1 heterocycles. The van der Waals surface area contributed by atoms with Crippen LogP contribution in [-0.2, 0) is 9.59 Å². The number of rotatable bonds is 5. The predicted molar refractivity (Wildman–Crippen MR) is 93.9 cm³/mol. The molecule has 2 amide bonds. The monoisotopic (exact) mass is 332 g/mol. The van der Waals surface area contributed by atoms with Crippen molar-refractivity contribution >= 4 is 11.8 Å². The Kier molecular flexibility index (Phi) is 6.64. The molecule has 0 saturated carbocycles. The minimum absolute atomic E-state index is 0.0188. The Morgan fingerprint density at radius 3 is 2.38 bits per heavy atom. The quantitative estimate of drug-likeness (QED) is 0.832. The summed E-state index contributed by atoms with van der Waals surface area (Å²) in [6, 6.07) is 7.68. The smallest absolute Gasteiger partial charge is 0.260 e. The number of ether oxygens (including phenoxy) is 1. The largest absolute Gasteiger partial charge is 0.484 e. The summed E-state index contributed by atoms with van der Waals surface area (Å²) in [5.74, 6) is 1.25. The molecule has 1 aromatic rings. The van der Waals surface area contributed by atoms with Gasteiger partial charge in [-0.2, -0.15) is 0 Å². The Morgan fingerprint density at radius 1 is 1.08 bits per heavy atom. The van der Waals surface area contributed by atoms with E-state index in [4.69, 9.17) is 4.74 Å². The maximum Gasteiger partial charge on any atom is 0.260 e. The summed E-state index contributed by atoms with van der Waals surface area (Å²) in [7, 11) is 0. The van der Waals surface area contributed by atoms with Gasteiger partial charge in [-0.3, -0.25) is 9.59 Å². The van der Waals surface area contributed by atoms with Crippen LogP contribution < -0.4 is 4.74 Å². The van der Waals surface area contributed by atoms with Crippen LogP contribution in [0, 0.1) is 12.8 Å². The van der Waals surface area contributed by atoms with Gasteiger partial charge in [-0.15, -0.1) is 0 Å². The van der Waals surface area contributed by atoms with E-state index in [1.807, 2.05) is 49.9 Å². The molecule has 0 aliphatic carbocycles. The van der Waals surface area contributed by atoms with E-state index in [0.29, 0.717) is 37.7 Å². The lowest BCUT2D eigenvalue weighted by atomic mass is 10.1. The van der Waals surface area contributed by atoms with Crippen LogP contribution in [0.5, 0.6) is 5.75 Å². The fourth-order valence-corrected chi connectivity index (χ4v) is 2.84. The van der Waals surface area contributed by atoms with Gasteiger partial charge < -0.3 is 14.5 Å². The first-order chi connectivity index (χ1) is 11.5. The molecule has 0 bridgehead atoms. The molecule has 0 atom stereocenters. The SMILES string of the molecule is Cc1cccc(OCC(=O)N2CCCN(C(=O)CC(C)C)CC2)c1. The molecule has 5 heteroatoms. The normalized spacial score (nSPS) is 15.3. The maximum atomic E-state index is 12.4. The molecule has 2 rings (SSSR count). The van der Waals surface area contributed by atoms with Gasteiger partial charge in [-0.05, 0) is 37.0 Å². The molecule has 1 aliphatic heterocycles. The third kappa shape index (κ3) is 5.55. The number of benzene rings is 1. The number of hydrogen-bond donors (Lipinski definition) is 0. The number of nitrogens with zero attached hydrogens (tertiary/aromatic N) is 2. The van der Waals surface area contributed by atoms with Gasteiger partial charge in [-0.25, -0.2) is 0 Å². The van der Waals surface area contributed by atoms with Crippen LogP contribution in [0.2, 0.25) is 0 Å². The van der Waals surface area contributed by atoms with Crippen molar-refractivity contribution in [1.29, 1.82) is 0 Å². The Labute approximate surface area is 144 Å². The fourth-order valence-electron chi connectivity index (χ4n) is 2.84. The van der Waals surface area contributed by atoms with E-state index in [1.54, 1.807) is 4.90 Å². The summed E-state index contributed by atoms with van der Waals surface area (Å²) in [4.78, 5) is 28.2. The molecule has 0 N–H and O–H groups in total. The highest BCUT2D eigenvalue weighted by atomic mass is 16.5. The van der Waals surface area contributed by atoms with Crippen LogP contribution in [-0.4, -0.2) is 54.4 Å². The second-order valence-electron chi connectivity index (χ2n) is 6.82. The summed E-state index contributed by atoms with van der Waals surface area (Å²) < 4.78 is 5.60. The van der Waals surface area contributed by atoms with Crippen molar-refractivity contribution in [2.24, 2.45) is 5.92 Å². The van der Waals surface area contributed by atoms with Gasteiger partial charge >= 0.3 is 0 Å². The van der Waals surface area contributed by atoms with E-state index in [2.05, 4.69) is 0 Å². The van der Waals surface area contributed by atoms with Crippen LogP contribution >= 0.6 is 0 Å². The zero-order chi connectivity index (χ0) is 17.5. The maximum absolute atomic E-state index is 12.4. The molecular formula is C19H28N2O3. The van der Waals surface area contributed by atoms with Gasteiger partial charge in [0.1, 0.15) is 5.75 Å². The lowest BCUT2D eigenvalue weighted by Gasteiger charge is -2.23. The summed E-state index contributed by atoms with van der Waals surface area (Å²) in [5.41, 5.74) is 1.11.